The SMILES string of the molecule is CCOC(=O)c1ccc(-c2c3nc(c(-c4ccc5ccc6cccc7ccc4c5c67)c4ccc([nH]4)c(-c4ccc(C(=O)OCC)cc4)c4nc(c(-c5ccc6ccc7cccc8ccc5c6c78)c5ccc2[nH]5)C=C4)C=C3)cc1. The van der Waals surface area contributed by atoms with Crippen molar-refractivity contribution in [2.45, 2.75) is 13.8 Å². The fourth-order valence-electron chi connectivity index (χ4n) is 12.3. The zero-order valence-corrected chi connectivity index (χ0v) is 42.6. The van der Waals surface area contributed by atoms with Crippen LogP contribution in [-0.2, 0) is 9.47 Å². The van der Waals surface area contributed by atoms with Crippen LogP contribution in [0, 0.1) is 0 Å². The molecule has 2 aliphatic heterocycles. The number of benzene rings is 10. The summed E-state index contributed by atoms with van der Waals surface area (Å²) >= 11 is 0. The Morgan fingerprint density at radius 3 is 1.05 bits per heavy atom. The summed E-state index contributed by atoms with van der Waals surface area (Å²) in [5, 5.41) is 14.2. The van der Waals surface area contributed by atoms with Crippen LogP contribution in [0.4, 0.5) is 0 Å². The van der Waals surface area contributed by atoms with E-state index in [1.54, 1.807) is 0 Å². The molecular formula is C70H46N4O4. The minimum absolute atomic E-state index is 0.283. The quantitative estimate of drug-likeness (QED) is 0.116. The first-order chi connectivity index (χ1) is 38.4. The second kappa shape index (κ2) is 17.7. The highest BCUT2D eigenvalue weighted by molar-refractivity contribution is 6.27. The zero-order valence-electron chi connectivity index (χ0n) is 42.6. The van der Waals surface area contributed by atoms with Crippen LogP contribution in [0.25, 0.3) is 156 Å². The zero-order chi connectivity index (χ0) is 52.2. The molecule has 8 bridgehead atoms. The number of fused-ring (bicyclic) bond motifs is 8. The summed E-state index contributed by atoms with van der Waals surface area (Å²) in [4.78, 5) is 45.2. The molecule has 5 heterocycles. The Morgan fingerprint density at radius 2 is 0.679 bits per heavy atom. The van der Waals surface area contributed by atoms with Gasteiger partial charge in [0.1, 0.15) is 0 Å². The number of carbonyl (C=O) groups excluding carboxylic acids is 2. The van der Waals surface area contributed by atoms with Crippen molar-refractivity contribution in [2.24, 2.45) is 0 Å². The summed E-state index contributed by atoms with van der Waals surface area (Å²) in [5.41, 5.74) is 14.8. The number of nitrogens with one attached hydrogen (secondary N) is 2. The second-order valence-corrected chi connectivity index (χ2v) is 20.0. The van der Waals surface area contributed by atoms with Gasteiger partial charge < -0.3 is 19.4 Å². The molecule has 10 aromatic carbocycles. The highest BCUT2D eigenvalue weighted by Crippen LogP contribution is 2.45. The number of nitrogens with zero attached hydrogens (tertiary/aromatic N) is 2. The average molecular weight is 1010 g/mol. The maximum atomic E-state index is 13.0. The molecule has 0 atom stereocenters. The number of ether oxygens (including phenoxy) is 2. The Bertz CT molecular complexity index is 4560. The van der Waals surface area contributed by atoms with Gasteiger partial charge in [0.25, 0.3) is 0 Å². The fraction of sp³-hybridized carbons (Fsp3) is 0.0571. The van der Waals surface area contributed by atoms with Crippen molar-refractivity contribution in [1.82, 2.24) is 19.9 Å². The van der Waals surface area contributed by atoms with E-state index in [1.165, 1.54) is 43.1 Å². The van der Waals surface area contributed by atoms with E-state index in [0.29, 0.717) is 11.1 Å². The molecule has 2 aliphatic rings. The third-order valence-electron chi connectivity index (χ3n) is 15.7. The van der Waals surface area contributed by atoms with E-state index in [4.69, 9.17) is 19.4 Å². The number of H-pyrrole nitrogens is 2. The Balaban J connectivity index is 1.08. The topological polar surface area (TPSA) is 110 Å². The Labute approximate surface area is 447 Å². The third-order valence-corrected chi connectivity index (χ3v) is 15.7. The lowest BCUT2D eigenvalue weighted by Gasteiger charge is -2.15. The van der Waals surface area contributed by atoms with Gasteiger partial charge in [-0.05, 0) is 174 Å². The van der Waals surface area contributed by atoms with Crippen molar-refractivity contribution in [3.8, 4) is 44.5 Å². The van der Waals surface area contributed by atoms with E-state index in [-0.39, 0.29) is 25.2 Å². The molecule has 8 nitrogen and oxygen atoms in total. The van der Waals surface area contributed by atoms with Gasteiger partial charge in [-0.2, -0.15) is 0 Å². The van der Waals surface area contributed by atoms with E-state index >= 15 is 0 Å². The number of esters is 2. The van der Waals surface area contributed by atoms with Gasteiger partial charge in [-0.1, -0.05) is 133 Å². The average Bonchev–Trinajstić information content (AvgIpc) is 4.47. The largest absolute Gasteiger partial charge is 0.462 e. The van der Waals surface area contributed by atoms with Crippen molar-refractivity contribution in [3.63, 3.8) is 0 Å². The highest BCUT2D eigenvalue weighted by Gasteiger charge is 2.23. The molecule has 0 fully saturated rings. The summed E-state index contributed by atoms with van der Waals surface area (Å²) in [7, 11) is 0. The van der Waals surface area contributed by atoms with Crippen molar-refractivity contribution < 1.29 is 19.1 Å². The van der Waals surface area contributed by atoms with Gasteiger partial charge in [0.15, 0.2) is 0 Å². The number of aromatic amines is 2. The number of hydrogen-bond donors (Lipinski definition) is 2. The smallest absolute Gasteiger partial charge is 0.338 e. The molecule has 370 valence electrons. The van der Waals surface area contributed by atoms with Gasteiger partial charge >= 0.3 is 11.9 Å². The van der Waals surface area contributed by atoms with Crippen molar-refractivity contribution in [3.05, 3.63) is 216 Å². The number of aromatic nitrogens is 4. The summed E-state index contributed by atoms with van der Waals surface area (Å²) in [6.07, 6.45) is 8.43. The standard InChI is InChI=1S/C70H46N4O4/c1-3-77-69(75)47-19-15-45(16-20-47)65-53-31-35-57(71-53)67(51-29-25-43-13-11-39-7-5-9-41-23-27-49(51)63(43)61(39)41)59-37-33-55(73-59)66(46-17-21-48(22-18-46)70(76)78-4-2)56-34-38-60(74-56)68(58-36-32-54(65)72-58)52-30-26-44-14-12-40-8-6-10-42-24-28-50(52)64(44)62(40)42/h5-38,71,74H,3-4H2,1-2H3. The maximum Gasteiger partial charge on any atom is 0.338 e. The van der Waals surface area contributed by atoms with Gasteiger partial charge in [-0.15, -0.1) is 0 Å². The highest BCUT2D eigenvalue weighted by atomic mass is 16.5. The van der Waals surface area contributed by atoms with Gasteiger partial charge in [0, 0.05) is 44.3 Å². The van der Waals surface area contributed by atoms with Crippen LogP contribution in [0.3, 0.4) is 0 Å². The summed E-state index contributed by atoms with van der Waals surface area (Å²) in [6.45, 7) is 4.19. The molecular weight excluding hydrogens is 961 g/mol. The molecule has 15 rings (SSSR count). The molecule has 13 aromatic rings. The maximum absolute atomic E-state index is 13.0. The lowest BCUT2D eigenvalue weighted by molar-refractivity contribution is 0.0517. The predicted molar refractivity (Wildman–Crippen MR) is 320 cm³/mol. The lowest BCUT2D eigenvalue weighted by Crippen LogP contribution is -2.04. The van der Waals surface area contributed by atoms with E-state index < -0.39 is 0 Å². The van der Waals surface area contributed by atoms with Crippen molar-refractivity contribution in [2.75, 3.05) is 13.2 Å². The predicted octanol–water partition coefficient (Wildman–Crippen LogP) is 17.5. The van der Waals surface area contributed by atoms with E-state index in [0.717, 1.165) is 111 Å². The molecule has 78 heavy (non-hydrogen) atoms. The summed E-state index contributed by atoms with van der Waals surface area (Å²) < 4.78 is 10.8. The summed E-state index contributed by atoms with van der Waals surface area (Å²) in [6, 6.07) is 63.4. The van der Waals surface area contributed by atoms with Crippen LogP contribution in [0.2, 0.25) is 0 Å². The van der Waals surface area contributed by atoms with Gasteiger partial charge in [-0.25, -0.2) is 19.6 Å². The Morgan fingerprint density at radius 1 is 0.359 bits per heavy atom. The molecule has 0 spiro atoms. The van der Waals surface area contributed by atoms with E-state index in [9.17, 15) is 9.59 Å². The minimum atomic E-state index is -0.371. The van der Waals surface area contributed by atoms with Crippen LogP contribution in [0.1, 0.15) is 57.3 Å². The van der Waals surface area contributed by atoms with Gasteiger partial charge in [0.05, 0.1) is 47.1 Å². The first kappa shape index (κ1) is 45.2. The first-order valence-electron chi connectivity index (χ1n) is 26.4. The molecule has 0 unspecified atom stereocenters. The molecule has 2 N–H and O–H groups in total. The van der Waals surface area contributed by atoms with Crippen molar-refractivity contribution >= 4 is 123 Å². The molecule has 0 amide bonds. The van der Waals surface area contributed by atoms with E-state index in [2.05, 4.69) is 168 Å². The third kappa shape index (κ3) is 7.07. The Hall–Kier alpha value is -10.2. The molecule has 8 heteroatoms. The van der Waals surface area contributed by atoms with Crippen LogP contribution >= 0.6 is 0 Å². The molecule has 0 radical (unpaired) electrons. The normalized spacial score (nSPS) is 12.3. The molecule has 0 saturated carbocycles. The lowest BCUT2D eigenvalue weighted by atomic mass is 9.89. The van der Waals surface area contributed by atoms with Crippen LogP contribution in [0.5, 0.6) is 0 Å². The first-order valence-corrected chi connectivity index (χ1v) is 26.4. The second-order valence-electron chi connectivity index (χ2n) is 20.0. The molecule has 0 aliphatic carbocycles. The van der Waals surface area contributed by atoms with E-state index in [1.807, 2.05) is 62.4 Å². The van der Waals surface area contributed by atoms with Crippen LogP contribution in [-0.4, -0.2) is 45.1 Å². The Kier molecular flexibility index (Phi) is 10.3. The van der Waals surface area contributed by atoms with Crippen molar-refractivity contribution in [1.29, 1.82) is 0 Å². The molecule has 0 saturated heterocycles. The monoisotopic (exact) mass is 1010 g/mol. The number of carbonyl (C=O) groups is 2. The van der Waals surface area contributed by atoms with Gasteiger partial charge in [0.2, 0.25) is 0 Å². The number of hydrogen-bond acceptors (Lipinski definition) is 6. The number of rotatable bonds is 8. The van der Waals surface area contributed by atoms with Crippen LogP contribution in [0.15, 0.2) is 182 Å². The fourth-order valence-corrected chi connectivity index (χ4v) is 12.3. The van der Waals surface area contributed by atoms with Crippen LogP contribution < -0.4 is 0 Å². The summed E-state index contributed by atoms with van der Waals surface area (Å²) in [5.74, 6) is -0.743. The molecule has 3 aromatic heterocycles. The minimum Gasteiger partial charge on any atom is -0.462 e. The van der Waals surface area contributed by atoms with Gasteiger partial charge in [-0.3, -0.25) is 0 Å².